The van der Waals surface area contributed by atoms with Gasteiger partial charge in [-0.2, -0.15) is 0 Å². The third-order valence-electron chi connectivity index (χ3n) is 3.68. The number of primary amides is 1. The smallest absolute Gasteiger partial charge is 0.253 e. The molecule has 2 rings (SSSR count). The molecule has 0 unspecified atom stereocenters. The van der Waals surface area contributed by atoms with Crippen molar-refractivity contribution in [1.82, 2.24) is 0 Å². The Hall–Kier alpha value is -1.56. The van der Waals surface area contributed by atoms with Gasteiger partial charge in [0.05, 0.1) is 16.1 Å². The number of unbranched alkanes of at least 4 members (excludes halogenated alkanes) is 3. The van der Waals surface area contributed by atoms with Gasteiger partial charge in [-0.05, 0) is 19.3 Å². The van der Waals surface area contributed by atoms with Crippen molar-refractivity contribution in [3.8, 4) is 0 Å². The Bertz CT molecular complexity index is 535. The molecular weight excluding hydrogens is 286 g/mol. The Morgan fingerprint density at radius 2 is 2.00 bits per heavy atom. The van der Waals surface area contributed by atoms with E-state index in [-0.39, 0.29) is 23.0 Å². The third-order valence-corrected chi connectivity index (χ3v) is 4.86. The lowest BCUT2D eigenvalue weighted by Gasteiger charge is -2.05. The summed E-state index contributed by atoms with van der Waals surface area (Å²) in [5.74, 6) is -0.433. The molecule has 1 fully saturated rings. The molecule has 1 aliphatic rings. The van der Waals surface area contributed by atoms with Crippen molar-refractivity contribution in [3.63, 3.8) is 0 Å². The normalized spacial score (nSPS) is 14.1. The maximum atomic E-state index is 12.2. The number of hydrogen-bond donors (Lipinski definition) is 3. The van der Waals surface area contributed by atoms with Gasteiger partial charge < -0.3 is 16.8 Å². The van der Waals surface area contributed by atoms with Crippen molar-refractivity contribution in [2.45, 2.75) is 45.4 Å². The molecule has 1 aliphatic carbocycles. The van der Waals surface area contributed by atoms with E-state index < -0.39 is 5.91 Å². The summed E-state index contributed by atoms with van der Waals surface area (Å²) in [7, 11) is 0. The summed E-state index contributed by atoms with van der Waals surface area (Å²) in [5.41, 5.74) is 11.9. The van der Waals surface area contributed by atoms with Crippen LogP contribution in [0.4, 0.5) is 10.7 Å². The topological polar surface area (TPSA) is 98.2 Å². The number of Topliss-reactive ketones (excluding diaryl/α,β-unsaturated/α-hetero) is 1. The average Bonchev–Trinajstić information content (AvgIpc) is 3.22. The number of rotatable bonds is 9. The van der Waals surface area contributed by atoms with Gasteiger partial charge in [0.1, 0.15) is 5.00 Å². The summed E-state index contributed by atoms with van der Waals surface area (Å²) in [6, 6.07) is 0. The molecule has 0 aromatic carbocycles. The van der Waals surface area contributed by atoms with Gasteiger partial charge in [0.25, 0.3) is 5.91 Å². The molecule has 21 heavy (non-hydrogen) atoms. The second-order valence-corrected chi connectivity index (χ2v) is 6.56. The first-order valence-corrected chi connectivity index (χ1v) is 8.38. The monoisotopic (exact) mass is 309 g/mol. The van der Waals surface area contributed by atoms with Gasteiger partial charge in [-0.15, -0.1) is 11.3 Å². The number of ketones is 1. The van der Waals surface area contributed by atoms with Gasteiger partial charge in [-0.3, -0.25) is 9.59 Å². The number of nitrogens with two attached hydrogens (primary N) is 2. The van der Waals surface area contributed by atoms with E-state index in [4.69, 9.17) is 11.5 Å². The second-order valence-electron chi connectivity index (χ2n) is 5.54. The Morgan fingerprint density at radius 3 is 2.57 bits per heavy atom. The van der Waals surface area contributed by atoms with Crippen LogP contribution in [0, 0.1) is 5.92 Å². The maximum absolute atomic E-state index is 12.2. The number of anilines is 2. The van der Waals surface area contributed by atoms with Crippen LogP contribution >= 0.6 is 11.3 Å². The van der Waals surface area contributed by atoms with E-state index in [0.29, 0.717) is 9.88 Å². The van der Waals surface area contributed by atoms with E-state index in [9.17, 15) is 9.59 Å². The van der Waals surface area contributed by atoms with Crippen molar-refractivity contribution in [2.75, 3.05) is 17.6 Å². The van der Waals surface area contributed by atoms with Crippen LogP contribution in [0.5, 0.6) is 0 Å². The van der Waals surface area contributed by atoms with Crippen molar-refractivity contribution < 1.29 is 9.59 Å². The zero-order valence-corrected chi connectivity index (χ0v) is 13.2. The second kappa shape index (κ2) is 6.93. The summed E-state index contributed by atoms with van der Waals surface area (Å²) in [6.45, 7) is 2.92. The summed E-state index contributed by atoms with van der Waals surface area (Å²) >= 11 is 1.27. The van der Waals surface area contributed by atoms with Gasteiger partial charge >= 0.3 is 0 Å². The highest BCUT2D eigenvalue weighted by molar-refractivity contribution is 7.19. The van der Waals surface area contributed by atoms with E-state index >= 15 is 0 Å². The van der Waals surface area contributed by atoms with Crippen LogP contribution < -0.4 is 16.8 Å². The molecule has 1 saturated carbocycles. The van der Waals surface area contributed by atoms with E-state index in [2.05, 4.69) is 12.2 Å². The molecular formula is C15H23N3O2S. The standard InChI is InChI=1S/C15H23N3O2S/c1-2-3-4-5-8-18-15-10(14(17)20)11(16)13(21-15)12(19)9-6-7-9/h9,18H,2-8,16H2,1H3,(H2,17,20). The van der Waals surface area contributed by atoms with Crippen LogP contribution in [0.2, 0.25) is 0 Å². The lowest BCUT2D eigenvalue weighted by atomic mass is 10.1. The fourth-order valence-corrected chi connectivity index (χ4v) is 3.45. The summed E-state index contributed by atoms with van der Waals surface area (Å²) < 4.78 is 0. The van der Waals surface area contributed by atoms with Gasteiger partial charge in [0.2, 0.25) is 0 Å². The van der Waals surface area contributed by atoms with Crippen molar-refractivity contribution >= 4 is 33.7 Å². The molecule has 0 spiro atoms. The van der Waals surface area contributed by atoms with Gasteiger partial charge in [-0.25, -0.2) is 0 Å². The predicted octanol–water partition coefficient (Wildman–Crippen LogP) is 3.01. The fraction of sp³-hybridized carbons (Fsp3) is 0.600. The van der Waals surface area contributed by atoms with Crippen LogP contribution in [0.25, 0.3) is 0 Å². The molecule has 1 amide bonds. The highest BCUT2D eigenvalue weighted by Crippen LogP contribution is 2.41. The number of nitrogens with one attached hydrogen (secondary N) is 1. The van der Waals surface area contributed by atoms with Gasteiger partial charge in [0.15, 0.2) is 5.78 Å². The number of carbonyl (C=O) groups is 2. The third kappa shape index (κ3) is 3.75. The highest BCUT2D eigenvalue weighted by atomic mass is 32.1. The van der Waals surface area contributed by atoms with E-state index in [1.54, 1.807) is 0 Å². The van der Waals surface area contributed by atoms with Crippen LogP contribution in [0.15, 0.2) is 0 Å². The molecule has 1 heterocycles. The number of thiophene rings is 1. The molecule has 5 nitrogen and oxygen atoms in total. The minimum atomic E-state index is -0.574. The Balaban J connectivity index is 2.09. The highest BCUT2D eigenvalue weighted by Gasteiger charge is 2.34. The first-order chi connectivity index (χ1) is 10.1. The lowest BCUT2D eigenvalue weighted by Crippen LogP contribution is -2.15. The average molecular weight is 309 g/mol. The predicted molar refractivity (Wildman–Crippen MR) is 86.9 cm³/mol. The number of amides is 1. The maximum Gasteiger partial charge on any atom is 0.253 e. The van der Waals surface area contributed by atoms with E-state index in [0.717, 1.165) is 32.2 Å². The van der Waals surface area contributed by atoms with Crippen molar-refractivity contribution in [1.29, 1.82) is 0 Å². The molecule has 6 heteroatoms. The minimum absolute atomic E-state index is 0.0547. The molecule has 0 bridgehead atoms. The molecule has 116 valence electrons. The van der Waals surface area contributed by atoms with Crippen molar-refractivity contribution in [3.05, 3.63) is 10.4 Å². The largest absolute Gasteiger partial charge is 0.397 e. The molecule has 1 aromatic rings. The van der Waals surface area contributed by atoms with E-state index in [1.807, 2.05) is 0 Å². The van der Waals surface area contributed by atoms with Gasteiger partial charge in [0, 0.05) is 12.5 Å². The molecule has 1 aromatic heterocycles. The Morgan fingerprint density at radius 1 is 1.29 bits per heavy atom. The molecule has 0 aliphatic heterocycles. The first kappa shape index (κ1) is 15.8. The minimum Gasteiger partial charge on any atom is -0.397 e. The summed E-state index contributed by atoms with van der Waals surface area (Å²) in [6.07, 6.45) is 6.38. The van der Waals surface area contributed by atoms with Gasteiger partial charge in [-0.1, -0.05) is 26.2 Å². The zero-order valence-electron chi connectivity index (χ0n) is 12.4. The zero-order chi connectivity index (χ0) is 15.4. The number of carbonyl (C=O) groups excluding carboxylic acids is 2. The number of hydrogen-bond acceptors (Lipinski definition) is 5. The van der Waals surface area contributed by atoms with Crippen molar-refractivity contribution in [2.24, 2.45) is 11.7 Å². The first-order valence-electron chi connectivity index (χ1n) is 7.56. The number of nitrogen functional groups attached to an aromatic ring is 1. The SMILES string of the molecule is CCCCCCNc1sc(C(=O)C2CC2)c(N)c1C(N)=O. The molecule has 0 atom stereocenters. The van der Waals surface area contributed by atoms with Crippen LogP contribution in [-0.4, -0.2) is 18.2 Å². The summed E-state index contributed by atoms with van der Waals surface area (Å²) in [4.78, 5) is 24.3. The quantitative estimate of drug-likeness (QED) is 0.482. The fourth-order valence-electron chi connectivity index (χ4n) is 2.28. The molecule has 0 saturated heterocycles. The lowest BCUT2D eigenvalue weighted by molar-refractivity contribution is 0.0972. The Kier molecular flexibility index (Phi) is 5.22. The molecule has 0 radical (unpaired) electrons. The van der Waals surface area contributed by atoms with Crippen LogP contribution in [0.3, 0.4) is 0 Å². The van der Waals surface area contributed by atoms with Crippen LogP contribution in [0.1, 0.15) is 65.5 Å². The van der Waals surface area contributed by atoms with Crippen LogP contribution in [-0.2, 0) is 0 Å². The Labute approximate surface area is 129 Å². The van der Waals surface area contributed by atoms with E-state index in [1.165, 1.54) is 24.2 Å². The molecule has 5 N–H and O–H groups in total. The summed E-state index contributed by atoms with van der Waals surface area (Å²) in [5, 5.41) is 3.85.